The summed E-state index contributed by atoms with van der Waals surface area (Å²) >= 11 is 0. The van der Waals surface area contributed by atoms with Crippen LogP contribution in [-0.4, -0.2) is 29.9 Å². The van der Waals surface area contributed by atoms with Gasteiger partial charge < -0.3 is 29.9 Å². The Labute approximate surface area is 250 Å². The summed E-state index contributed by atoms with van der Waals surface area (Å²) in [5.41, 5.74) is 1.44. The quantitative estimate of drug-likeness (QED) is 0.278. The van der Waals surface area contributed by atoms with E-state index in [1.807, 2.05) is 0 Å². The third kappa shape index (κ3) is 4.14. The summed E-state index contributed by atoms with van der Waals surface area (Å²) in [5, 5.41) is 2.06. The standard InChI is InChI=1S/C32H34N8.Cu/c1-2-10-18-17(9-1)25-33-26(18)38-28-21-13-5-6-14-22(21)30(35-28)40-32-24-16-8-7-15-23(24)31(36-32)39-29-20-12-4-3-11-19(20)27(34-29)37-25;/h1-2,9-10,19-24H,3-8,11-16H2;/q-2;+2. The van der Waals surface area contributed by atoms with E-state index in [9.17, 15) is 0 Å². The van der Waals surface area contributed by atoms with Gasteiger partial charge in [0.05, 0.1) is 23.3 Å². The first kappa shape index (κ1) is 25.8. The van der Waals surface area contributed by atoms with Gasteiger partial charge in [0.25, 0.3) is 0 Å². The van der Waals surface area contributed by atoms with E-state index in [4.69, 9.17) is 39.9 Å². The molecule has 6 unspecified atom stereocenters. The topological polar surface area (TPSA) is 106 Å². The van der Waals surface area contributed by atoms with E-state index in [1.54, 1.807) is 0 Å². The first-order chi connectivity index (χ1) is 19.8. The maximum Gasteiger partial charge on any atom is 2.00 e. The Hall–Kier alpha value is -2.90. The number of benzene rings is 1. The second kappa shape index (κ2) is 10.1. The fourth-order valence-electron chi connectivity index (χ4n) is 8.46. The summed E-state index contributed by atoms with van der Waals surface area (Å²) in [4.78, 5) is 41.4. The Morgan fingerprint density at radius 1 is 0.439 bits per heavy atom. The molecule has 0 spiro atoms. The first-order valence-corrected chi connectivity index (χ1v) is 15.6. The molecule has 41 heavy (non-hydrogen) atoms. The van der Waals surface area contributed by atoms with Crippen LogP contribution in [0.3, 0.4) is 0 Å². The van der Waals surface area contributed by atoms with Gasteiger partial charge in [0.1, 0.15) is 0 Å². The molecule has 2 aromatic heterocycles. The molecule has 8 nitrogen and oxygen atoms in total. The zero-order chi connectivity index (χ0) is 26.2. The van der Waals surface area contributed by atoms with Crippen molar-refractivity contribution in [2.24, 2.45) is 0 Å². The first-order valence-electron chi connectivity index (χ1n) is 15.6. The second-order valence-electron chi connectivity index (χ2n) is 12.7. The summed E-state index contributed by atoms with van der Waals surface area (Å²) in [5.74, 6) is 7.46. The van der Waals surface area contributed by atoms with Crippen molar-refractivity contribution < 1.29 is 17.1 Å². The van der Waals surface area contributed by atoms with Crippen LogP contribution in [0, 0.1) is 0 Å². The molecule has 0 amide bonds. The van der Waals surface area contributed by atoms with Crippen LogP contribution in [0.25, 0.3) is 22.1 Å². The molecule has 5 heterocycles. The van der Waals surface area contributed by atoms with Crippen molar-refractivity contribution in [3.05, 3.63) is 59.2 Å². The molecule has 213 valence electrons. The third-order valence-electron chi connectivity index (χ3n) is 10.5. The van der Waals surface area contributed by atoms with Crippen LogP contribution in [0.1, 0.15) is 148 Å². The Balaban J connectivity index is 0.00000256. The fraction of sp³-hybridized carbons (Fsp3) is 0.562. The predicted molar refractivity (Wildman–Crippen MR) is 151 cm³/mol. The van der Waals surface area contributed by atoms with Crippen molar-refractivity contribution >= 4 is 22.1 Å². The predicted octanol–water partition coefficient (Wildman–Crippen LogP) is 6.35. The van der Waals surface area contributed by atoms with Crippen molar-refractivity contribution in [1.29, 1.82) is 0 Å². The fourth-order valence-corrected chi connectivity index (χ4v) is 8.46. The molecule has 9 heteroatoms. The molecule has 0 saturated heterocycles. The Morgan fingerprint density at radius 2 is 0.805 bits per heavy atom. The molecule has 6 aliphatic rings. The van der Waals surface area contributed by atoms with Crippen molar-refractivity contribution in [2.75, 3.05) is 0 Å². The largest absolute Gasteiger partial charge is 2.00 e. The molecule has 6 atom stereocenters. The zero-order valence-electron chi connectivity index (χ0n) is 23.1. The molecule has 3 aromatic rings. The van der Waals surface area contributed by atoms with Gasteiger partial charge in [0, 0.05) is 35.0 Å². The van der Waals surface area contributed by atoms with Crippen LogP contribution in [0.15, 0.2) is 24.3 Å². The number of aromatic nitrogens is 8. The van der Waals surface area contributed by atoms with Gasteiger partial charge in [0.15, 0.2) is 0 Å². The van der Waals surface area contributed by atoms with E-state index in [2.05, 4.69) is 24.3 Å². The average Bonchev–Trinajstić information content (AvgIpc) is 3.73. The van der Waals surface area contributed by atoms with Crippen LogP contribution in [0.4, 0.5) is 0 Å². The molecule has 8 bridgehead atoms. The molecular weight excluding hydrogens is 560 g/mol. The molecule has 1 aromatic carbocycles. The molecule has 1 radical (unpaired) electrons. The minimum absolute atomic E-state index is 0. The van der Waals surface area contributed by atoms with Crippen molar-refractivity contribution in [1.82, 2.24) is 39.9 Å². The number of fused-ring (bicyclic) bond motifs is 20. The van der Waals surface area contributed by atoms with Crippen molar-refractivity contribution in [3.63, 3.8) is 0 Å². The van der Waals surface area contributed by atoms with Crippen LogP contribution in [0.5, 0.6) is 0 Å². The van der Waals surface area contributed by atoms with Gasteiger partial charge in [-0.25, -0.2) is 0 Å². The maximum absolute atomic E-state index is 5.27. The molecular formula is C32H34CuN8. The minimum Gasteiger partial charge on any atom is -0.366 e. The van der Waals surface area contributed by atoms with Gasteiger partial charge in [0.2, 0.25) is 0 Å². The van der Waals surface area contributed by atoms with Crippen molar-refractivity contribution in [2.45, 2.75) is 113 Å². The van der Waals surface area contributed by atoms with E-state index in [-0.39, 0.29) is 17.1 Å². The molecule has 3 aliphatic heterocycles. The van der Waals surface area contributed by atoms with E-state index in [1.165, 1.54) is 38.5 Å². The third-order valence-corrected chi connectivity index (χ3v) is 10.5. The molecule has 3 aliphatic carbocycles. The molecule has 3 fully saturated rings. The van der Waals surface area contributed by atoms with Gasteiger partial charge in [-0.2, -0.15) is 0 Å². The smallest absolute Gasteiger partial charge is 0.366 e. The van der Waals surface area contributed by atoms with Crippen LogP contribution in [0.2, 0.25) is 0 Å². The zero-order valence-corrected chi connectivity index (χ0v) is 24.1. The molecule has 0 N–H and O–H groups in total. The summed E-state index contributed by atoms with van der Waals surface area (Å²) in [7, 11) is 0. The average molecular weight is 594 g/mol. The summed E-state index contributed by atoms with van der Waals surface area (Å²) < 4.78 is 0. The van der Waals surface area contributed by atoms with E-state index >= 15 is 0 Å². The molecule has 3 saturated carbocycles. The van der Waals surface area contributed by atoms with Gasteiger partial charge in [-0.05, 0) is 72.8 Å². The van der Waals surface area contributed by atoms with Gasteiger partial charge in [-0.1, -0.05) is 62.8 Å². The summed E-state index contributed by atoms with van der Waals surface area (Å²) in [6, 6.07) is 8.34. The van der Waals surface area contributed by atoms with Gasteiger partial charge in [-0.15, -0.1) is 0 Å². The SMILES string of the molecule is [Cu+2].c1ccc2c3nc4nc(nc5[n-]c(nc6nc(nc([n-]3)c2c1)C1CCCCC61)C1CCCCC51)C1CCCCC41. The summed E-state index contributed by atoms with van der Waals surface area (Å²) in [6.45, 7) is 0. The van der Waals surface area contributed by atoms with E-state index in [0.717, 1.165) is 95.5 Å². The number of rotatable bonds is 0. The van der Waals surface area contributed by atoms with Gasteiger partial charge in [-0.3, -0.25) is 9.97 Å². The van der Waals surface area contributed by atoms with Crippen LogP contribution >= 0.6 is 0 Å². The minimum atomic E-state index is 0. The second-order valence-corrected chi connectivity index (χ2v) is 12.7. The monoisotopic (exact) mass is 593 g/mol. The number of nitrogens with zero attached hydrogens (tertiary/aromatic N) is 8. The normalized spacial score (nSPS) is 29.6. The Bertz CT molecular complexity index is 1570. The van der Waals surface area contributed by atoms with E-state index < -0.39 is 0 Å². The number of hydrogen-bond acceptors (Lipinski definition) is 6. The summed E-state index contributed by atoms with van der Waals surface area (Å²) in [6.07, 6.45) is 14.0. The van der Waals surface area contributed by atoms with Crippen LogP contribution < -0.4 is 9.97 Å². The van der Waals surface area contributed by atoms with Crippen LogP contribution in [-0.2, 0) is 17.1 Å². The molecule has 9 rings (SSSR count). The number of hydrogen-bond donors (Lipinski definition) is 0. The van der Waals surface area contributed by atoms with E-state index in [0.29, 0.717) is 35.5 Å². The Kier molecular flexibility index (Phi) is 6.37. The Morgan fingerprint density at radius 3 is 1.22 bits per heavy atom. The van der Waals surface area contributed by atoms with Crippen molar-refractivity contribution in [3.8, 4) is 0 Å². The maximum atomic E-state index is 5.27. The van der Waals surface area contributed by atoms with Gasteiger partial charge >= 0.3 is 17.1 Å².